The molecule has 0 bridgehead atoms. The average Bonchev–Trinajstić information content (AvgIpc) is 2.32. The summed E-state index contributed by atoms with van der Waals surface area (Å²) in [5.41, 5.74) is -0.795. The number of benzene rings is 1. The van der Waals surface area contributed by atoms with Crippen molar-refractivity contribution in [3.8, 4) is 0 Å². The lowest BCUT2D eigenvalue weighted by Crippen LogP contribution is -2.38. The summed E-state index contributed by atoms with van der Waals surface area (Å²) in [6.45, 7) is 4.81. The second kappa shape index (κ2) is 5.44. The topological polar surface area (TPSA) is 40.5 Å². The van der Waals surface area contributed by atoms with Gasteiger partial charge in [-0.05, 0) is 24.6 Å². The van der Waals surface area contributed by atoms with E-state index >= 15 is 0 Å². The van der Waals surface area contributed by atoms with Gasteiger partial charge in [0, 0.05) is 11.0 Å². The quantitative estimate of drug-likeness (QED) is 0.665. The van der Waals surface area contributed by atoms with E-state index in [2.05, 4.69) is 0 Å². The maximum absolute atomic E-state index is 13.4. The molecule has 1 aromatic rings. The van der Waals surface area contributed by atoms with Gasteiger partial charge in [0.15, 0.2) is 0 Å². The molecule has 0 unspecified atom stereocenters. The smallest absolute Gasteiger partial charge is 0.251 e. The van der Waals surface area contributed by atoms with Crippen molar-refractivity contribution in [2.75, 3.05) is 0 Å². The van der Waals surface area contributed by atoms with E-state index < -0.39 is 23.0 Å². The fourth-order valence-corrected chi connectivity index (χ4v) is 1.40. The van der Waals surface area contributed by atoms with Crippen LogP contribution < -0.4 is 0 Å². The van der Waals surface area contributed by atoms with Crippen LogP contribution in [0.2, 0.25) is 0 Å². The third-order valence-corrected chi connectivity index (χ3v) is 3.03. The van der Waals surface area contributed by atoms with Crippen LogP contribution in [0.3, 0.4) is 0 Å². The Balaban J connectivity index is 2.85. The monoisotopic (exact) mass is 257 g/mol. The predicted molar refractivity (Wildman–Crippen MR) is 62.8 cm³/mol. The Labute approximate surface area is 105 Å². The largest absolute Gasteiger partial charge is 0.286 e. The van der Waals surface area contributed by atoms with E-state index in [1.807, 2.05) is 6.92 Å². The Morgan fingerprint density at radius 1 is 1.39 bits per heavy atom. The minimum absolute atomic E-state index is 0.0576. The molecule has 0 spiro atoms. The highest BCUT2D eigenvalue weighted by atomic mass is 19.1. The first kappa shape index (κ1) is 14.6. The molecular weight excluding hydrogens is 240 g/mol. The van der Waals surface area contributed by atoms with Gasteiger partial charge in [-0.1, -0.05) is 20.8 Å². The summed E-state index contributed by atoms with van der Waals surface area (Å²) in [6.07, 6.45) is 0.536. The molecule has 0 aliphatic carbocycles. The van der Waals surface area contributed by atoms with Crippen LogP contribution in [0.25, 0.3) is 0 Å². The van der Waals surface area contributed by atoms with Gasteiger partial charge in [0.2, 0.25) is 0 Å². The zero-order valence-corrected chi connectivity index (χ0v) is 10.7. The number of rotatable bonds is 4. The summed E-state index contributed by atoms with van der Waals surface area (Å²) in [6, 6.07) is 2.91. The highest BCUT2D eigenvalue weighted by molar-refractivity contribution is 5.80. The van der Waals surface area contributed by atoms with Crippen LogP contribution in [0.1, 0.15) is 32.8 Å². The van der Waals surface area contributed by atoms with Crippen molar-refractivity contribution in [1.29, 1.82) is 0 Å². The summed E-state index contributed by atoms with van der Waals surface area (Å²) in [5, 5.41) is 10.1. The molecule has 0 aliphatic rings. The second-order valence-corrected chi connectivity index (χ2v) is 4.84. The number of carbonyl (C=O) groups excluding carboxylic acids is 1. The molecule has 0 aliphatic heterocycles. The lowest BCUT2D eigenvalue weighted by atomic mass is 9.89. The number of hydrogen-bond acceptors (Lipinski definition) is 2. The van der Waals surface area contributed by atoms with Crippen LogP contribution in [0.4, 0.5) is 8.78 Å². The van der Waals surface area contributed by atoms with E-state index in [1.54, 1.807) is 13.8 Å². The first-order valence-electron chi connectivity index (χ1n) is 5.72. The Hall–Kier alpha value is -1.49. The summed E-state index contributed by atoms with van der Waals surface area (Å²) >= 11 is 0. The van der Waals surface area contributed by atoms with E-state index in [9.17, 15) is 18.8 Å². The molecule has 0 saturated heterocycles. The van der Waals surface area contributed by atoms with E-state index in [-0.39, 0.29) is 12.1 Å². The van der Waals surface area contributed by atoms with E-state index in [0.29, 0.717) is 11.5 Å². The number of halogens is 2. The van der Waals surface area contributed by atoms with Gasteiger partial charge in [-0.15, -0.1) is 0 Å². The van der Waals surface area contributed by atoms with Crippen LogP contribution in [-0.2, 0) is 11.3 Å². The average molecular weight is 257 g/mol. The lowest BCUT2D eigenvalue weighted by Gasteiger charge is -2.26. The predicted octanol–water partition coefficient (Wildman–Crippen LogP) is 3.12. The second-order valence-electron chi connectivity index (χ2n) is 4.84. The molecule has 0 fully saturated rings. The van der Waals surface area contributed by atoms with Crippen LogP contribution >= 0.6 is 0 Å². The van der Waals surface area contributed by atoms with E-state index in [1.165, 1.54) is 0 Å². The molecule has 1 N–H and O–H groups in total. The fourth-order valence-electron chi connectivity index (χ4n) is 1.40. The van der Waals surface area contributed by atoms with Gasteiger partial charge in [-0.3, -0.25) is 10.0 Å². The zero-order valence-electron chi connectivity index (χ0n) is 10.7. The molecule has 1 aromatic carbocycles. The molecule has 1 rings (SSSR count). The minimum atomic E-state index is -0.738. The SMILES string of the molecule is CCC(C)(C)C(=O)N(O)Cc1cc(F)ccc1F. The Morgan fingerprint density at radius 2 is 2.00 bits per heavy atom. The van der Waals surface area contributed by atoms with Crippen molar-refractivity contribution in [1.82, 2.24) is 5.06 Å². The summed E-state index contributed by atoms with van der Waals surface area (Å²) in [4.78, 5) is 11.9. The molecule has 3 nitrogen and oxygen atoms in total. The Morgan fingerprint density at radius 3 is 2.56 bits per heavy atom. The van der Waals surface area contributed by atoms with Gasteiger partial charge in [0.25, 0.3) is 5.91 Å². The van der Waals surface area contributed by atoms with Gasteiger partial charge >= 0.3 is 0 Å². The van der Waals surface area contributed by atoms with Crippen molar-refractivity contribution in [3.05, 3.63) is 35.4 Å². The lowest BCUT2D eigenvalue weighted by molar-refractivity contribution is -0.178. The van der Waals surface area contributed by atoms with Crippen molar-refractivity contribution < 1.29 is 18.8 Å². The van der Waals surface area contributed by atoms with Crippen LogP contribution in [0.5, 0.6) is 0 Å². The summed E-state index contributed by atoms with van der Waals surface area (Å²) in [5.74, 6) is -1.78. The normalized spacial score (nSPS) is 11.4. The molecule has 0 radical (unpaired) electrons. The minimum Gasteiger partial charge on any atom is -0.286 e. The number of hydroxylamine groups is 2. The zero-order chi connectivity index (χ0) is 13.9. The first-order valence-corrected chi connectivity index (χ1v) is 5.72. The third-order valence-electron chi connectivity index (χ3n) is 3.03. The van der Waals surface area contributed by atoms with Crippen molar-refractivity contribution in [2.24, 2.45) is 5.41 Å². The maximum atomic E-state index is 13.4. The number of carbonyl (C=O) groups is 1. The Kier molecular flexibility index (Phi) is 4.40. The van der Waals surface area contributed by atoms with Crippen LogP contribution in [0.15, 0.2) is 18.2 Å². The van der Waals surface area contributed by atoms with Crippen molar-refractivity contribution in [3.63, 3.8) is 0 Å². The molecule has 0 saturated carbocycles. The maximum Gasteiger partial charge on any atom is 0.251 e. The molecule has 0 atom stereocenters. The standard InChI is InChI=1S/C13H17F2NO2/c1-4-13(2,3)12(17)16(18)8-9-7-10(14)5-6-11(9)15/h5-7,18H,4,8H2,1-3H3. The van der Waals surface area contributed by atoms with Crippen LogP contribution in [0, 0.1) is 17.0 Å². The fraction of sp³-hybridized carbons (Fsp3) is 0.462. The van der Waals surface area contributed by atoms with Gasteiger partial charge in [0.05, 0.1) is 6.54 Å². The molecule has 0 aromatic heterocycles. The summed E-state index contributed by atoms with van der Waals surface area (Å²) in [7, 11) is 0. The number of amides is 1. The molecular formula is C13H17F2NO2. The molecule has 0 heterocycles. The van der Waals surface area contributed by atoms with E-state index in [4.69, 9.17) is 0 Å². The molecule has 5 heteroatoms. The Bertz CT molecular complexity index is 447. The third kappa shape index (κ3) is 3.26. The van der Waals surface area contributed by atoms with Crippen LogP contribution in [-0.4, -0.2) is 16.2 Å². The van der Waals surface area contributed by atoms with Crippen molar-refractivity contribution in [2.45, 2.75) is 33.7 Å². The first-order chi connectivity index (χ1) is 8.27. The highest BCUT2D eigenvalue weighted by Gasteiger charge is 2.30. The van der Waals surface area contributed by atoms with Gasteiger partial charge in [0.1, 0.15) is 11.6 Å². The number of nitrogens with zero attached hydrogens (tertiary/aromatic N) is 1. The van der Waals surface area contributed by atoms with E-state index in [0.717, 1.165) is 18.2 Å². The van der Waals surface area contributed by atoms with Gasteiger partial charge < -0.3 is 0 Å². The highest BCUT2D eigenvalue weighted by Crippen LogP contribution is 2.23. The molecule has 100 valence electrons. The summed E-state index contributed by atoms with van der Waals surface area (Å²) < 4.78 is 26.3. The molecule has 1 amide bonds. The molecule has 18 heavy (non-hydrogen) atoms. The number of hydrogen-bond donors (Lipinski definition) is 1. The van der Waals surface area contributed by atoms with Crippen molar-refractivity contribution >= 4 is 5.91 Å². The van der Waals surface area contributed by atoms with Gasteiger partial charge in [-0.25, -0.2) is 13.8 Å². The van der Waals surface area contributed by atoms with Gasteiger partial charge in [-0.2, -0.15) is 0 Å².